The van der Waals surface area contributed by atoms with Gasteiger partial charge in [-0.05, 0) is 12.8 Å². The first-order valence-corrected chi connectivity index (χ1v) is 11.6. The van der Waals surface area contributed by atoms with E-state index in [0.717, 1.165) is 4.90 Å². The van der Waals surface area contributed by atoms with Gasteiger partial charge in [-0.1, -0.05) is 0 Å². The molecule has 1 saturated heterocycles. The summed E-state index contributed by atoms with van der Waals surface area (Å²) in [5.74, 6) is -0.854. The molecule has 0 aliphatic carbocycles. The van der Waals surface area contributed by atoms with Crippen molar-refractivity contribution in [2.24, 2.45) is 5.29 Å². The van der Waals surface area contributed by atoms with Gasteiger partial charge in [0.05, 0.1) is 11.8 Å². The van der Waals surface area contributed by atoms with Crippen molar-refractivity contribution < 1.29 is 43.4 Å². The zero-order chi connectivity index (χ0) is 21.8. The molecule has 0 unspecified atom stereocenters. The number of nitroso groups, excluding NO2 is 1. The van der Waals surface area contributed by atoms with Crippen molar-refractivity contribution in [3.05, 3.63) is 4.91 Å². The summed E-state index contributed by atoms with van der Waals surface area (Å²) < 4.78 is 22.5. The van der Waals surface area contributed by atoms with Crippen molar-refractivity contribution in [3.63, 3.8) is 0 Å². The molecule has 3 amide bonds. The number of carbonyl (C=O) groups excluding carboxylic acids is 2. The van der Waals surface area contributed by atoms with Gasteiger partial charge in [0.15, 0.2) is 0 Å². The van der Waals surface area contributed by atoms with E-state index < -0.39 is 51.2 Å². The Hall–Kier alpha value is -1.11. The Morgan fingerprint density at radius 3 is 2.29 bits per heavy atom. The van der Waals surface area contributed by atoms with Gasteiger partial charge in [0.2, 0.25) is 5.91 Å². The lowest BCUT2D eigenvalue weighted by Crippen LogP contribution is -2.50. The third-order valence-electron chi connectivity index (χ3n) is 4.11. The molecule has 17 heteroatoms. The topological polar surface area (TPSA) is 217 Å². The van der Waals surface area contributed by atoms with Crippen LogP contribution in [0.3, 0.4) is 0 Å². The number of nitrogens with zero attached hydrogens (tertiary/aromatic N) is 3. The molecule has 0 saturated carbocycles. The maximum absolute atomic E-state index is 12.3. The molecule has 0 radical (unpaired) electrons. The zero-order valence-electron chi connectivity index (χ0n) is 14.4. The van der Waals surface area contributed by atoms with Crippen molar-refractivity contribution in [3.8, 4) is 0 Å². The van der Waals surface area contributed by atoms with Crippen LogP contribution in [0.5, 0.6) is 0 Å². The number of aliphatic hydroxyl groups is 1. The van der Waals surface area contributed by atoms with Gasteiger partial charge in [-0.15, -0.1) is 16.5 Å². The number of halogens is 1. The highest BCUT2D eigenvalue weighted by atomic mass is 35.5. The molecule has 0 bridgehead atoms. The molecule has 1 atom stereocenters. The lowest BCUT2D eigenvalue weighted by Gasteiger charge is -2.30. The number of alkyl halides is 1. The molecule has 0 aromatic heterocycles. The zero-order valence-corrected chi connectivity index (χ0v) is 17.0. The minimum atomic E-state index is -5.64. The van der Waals surface area contributed by atoms with Crippen LogP contribution in [0.25, 0.3) is 0 Å². The van der Waals surface area contributed by atoms with Crippen LogP contribution in [0, 0.1) is 4.91 Å². The number of urea groups is 1. The normalized spacial score (nSPS) is 18.1. The van der Waals surface area contributed by atoms with Crippen LogP contribution in [0.4, 0.5) is 4.79 Å². The third kappa shape index (κ3) is 5.49. The first-order chi connectivity index (χ1) is 12.8. The summed E-state index contributed by atoms with van der Waals surface area (Å²) in [7, 11) is -11.3. The van der Waals surface area contributed by atoms with Gasteiger partial charge in [0.25, 0.3) is 5.08 Å². The van der Waals surface area contributed by atoms with Crippen LogP contribution in [-0.2, 0) is 13.9 Å². The average Bonchev–Trinajstić information content (AvgIpc) is 3.06. The Morgan fingerprint density at radius 2 is 1.82 bits per heavy atom. The van der Waals surface area contributed by atoms with E-state index >= 15 is 0 Å². The monoisotopic (exact) mass is 466 g/mol. The van der Waals surface area contributed by atoms with Crippen LogP contribution in [-0.4, -0.2) is 83.2 Å². The molecule has 28 heavy (non-hydrogen) atoms. The molecule has 1 rings (SSSR count). The van der Waals surface area contributed by atoms with E-state index in [2.05, 4.69) is 10.6 Å². The van der Waals surface area contributed by atoms with Crippen molar-refractivity contribution in [1.29, 1.82) is 0 Å². The maximum atomic E-state index is 12.3. The highest BCUT2D eigenvalue weighted by molar-refractivity contribution is 7.72. The maximum Gasteiger partial charge on any atom is 0.369 e. The van der Waals surface area contributed by atoms with E-state index in [1.807, 2.05) is 0 Å². The lowest BCUT2D eigenvalue weighted by molar-refractivity contribution is -0.124. The fourth-order valence-electron chi connectivity index (χ4n) is 2.60. The highest BCUT2D eigenvalue weighted by Gasteiger charge is 2.58. The molecule has 0 spiro atoms. The van der Waals surface area contributed by atoms with E-state index in [-0.39, 0.29) is 25.4 Å². The third-order valence-corrected chi connectivity index (χ3v) is 8.15. The Labute approximate surface area is 164 Å². The Bertz CT molecular complexity index is 675. The molecule has 1 fully saturated rings. The smallest absolute Gasteiger partial charge is 0.367 e. The molecule has 1 aliphatic rings. The molecule has 162 valence electrons. The van der Waals surface area contributed by atoms with Crippen molar-refractivity contribution in [2.45, 2.75) is 30.4 Å². The Balaban J connectivity index is 2.79. The second-order valence-corrected chi connectivity index (χ2v) is 10.3. The summed E-state index contributed by atoms with van der Waals surface area (Å²) in [6.07, 6.45) is -0.499. The van der Waals surface area contributed by atoms with E-state index in [9.17, 15) is 28.7 Å². The quantitative estimate of drug-likeness (QED) is 0.109. The number of nitrogens with one attached hydrogen (secondary N) is 1. The van der Waals surface area contributed by atoms with Crippen LogP contribution >= 0.6 is 26.8 Å². The Kier molecular flexibility index (Phi) is 8.54. The molecule has 6 N–H and O–H groups in total. The predicted octanol–water partition coefficient (Wildman–Crippen LogP) is -0.699. The summed E-state index contributed by atoms with van der Waals surface area (Å²) in [6.45, 7) is -0.728. The van der Waals surface area contributed by atoms with Gasteiger partial charge in [0.1, 0.15) is 6.04 Å². The van der Waals surface area contributed by atoms with Gasteiger partial charge >= 0.3 is 21.2 Å². The second-order valence-electron chi connectivity index (χ2n) is 5.93. The van der Waals surface area contributed by atoms with Gasteiger partial charge in [-0.3, -0.25) is 13.9 Å². The number of hydrogen-bond donors (Lipinski definition) is 6. The van der Waals surface area contributed by atoms with Gasteiger partial charge < -0.3 is 34.9 Å². The average molecular weight is 467 g/mol. The van der Waals surface area contributed by atoms with E-state index in [4.69, 9.17) is 31.2 Å². The number of hydrogen-bond acceptors (Lipinski definition) is 7. The minimum absolute atomic E-state index is 0.0640. The highest BCUT2D eigenvalue weighted by Crippen LogP contribution is 2.68. The van der Waals surface area contributed by atoms with Crippen LogP contribution in [0.15, 0.2) is 5.29 Å². The summed E-state index contributed by atoms with van der Waals surface area (Å²) in [5, 5.41) is 11.3. The number of likely N-dealkylation sites (tertiary alicyclic amines) is 1. The molecule has 0 aromatic carbocycles. The molecular weight excluding hydrogens is 446 g/mol. The standard InChI is InChI=1S/C11H21ClN4O10P2/c12-4-7-16(14-20)10(18)15-6-1-2-8(15)9(17)13-5-3-11(19,27(21,22)23)28(24,25)26/h8,19H,1-7H2,(H,13,17)(H2,21,22,23)(H2,24,25,26)/t8-/m0/s1. The van der Waals surface area contributed by atoms with Gasteiger partial charge in [-0.2, -0.15) is 5.01 Å². The SMILES string of the molecule is O=NN(CCCl)C(=O)N1CCC[C@H]1C(=O)NCCC(O)(P(=O)(O)O)P(=O)(O)O. The predicted molar refractivity (Wildman–Crippen MR) is 95.0 cm³/mol. The van der Waals surface area contributed by atoms with Crippen molar-refractivity contribution in [1.82, 2.24) is 15.2 Å². The first-order valence-electron chi connectivity index (χ1n) is 7.89. The van der Waals surface area contributed by atoms with Gasteiger partial charge in [-0.25, -0.2) is 4.79 Å². The Morgan fingerprint density at radius 1 is 1.25 bits per heavy atom. The van der Waals surface area contributed by atoms with E-state index in [1.54, 1.807) is 0 Å². The molecule has 0 aromatic rings. The fraction of sp³-hybridized carbons (Fsp3) is 0.818. The molecule has 1 aliphatic heterocycles. The molecule has 1 heterocycles. The summed E-state index contributed by atoms with van der Waals surface area (Å²) in [5.41, 5.74) is 0. The number of carbonyl (C=O) groups is 2. The minimum Gasteiger partial charge on any atom is -0.367 e. The second kappa shape index (κ2) is 9.59. The van der Waals surface area contributed by atoms with Crippen molar-refractivity contribution in [2.75, 3.05) is 25.5 Å². The molecular formula is C11H21ClN4O10P2. The van der Waals surface area contributed by atoms with Crippen LogP contribution < -0.4 is 5.32 Å². The number of rotatable bonds is 9. The first kappa shape index (κ1) is 24.9. The summed E-state index contributed by atoms with van der Waals surface area (Å²) >= 11 is 5.47. The fourth-order valence-corrected chi connectivity index (χ4v) is 4.92. The molecule has 14 nitrogen and oxygen atoms in total. The van der Waals surface area contributed by atoms with E-state index in [0.29, 0.717) is 11.4 Å². The summed E-state index contributed by atoms with van der Waals surface area (Å²) in [4.78, 5) is 72.5. The van der Waals surface area contributed by atoms with Gasteiger partial charge in [0, 0.05) is 25.4 Å². The number of amides is 3. The van der Waals surface area contributed by atoms with E-state index in [1.165, 1.54) is 0 Å². The lowest BCUT2D eigenvalue weighted by atomic mass is 10.2. The summed E-state index contributed by atoms with van der Waals surface area (Å²) in [6, 6.07) is -1.89. The van der Waals surface area contributed by atoms with Crippen LogP contribution in [0.1, 0.15) is 19.3 Å². The van der Waals surface area contributed by atoms with Crippen molar-refractivity contribution >= 4 is 38.7 Å². The van der Waals surface area contributed by atoms with Crippen LogP contribution in [0.2, 0.25) is 0 Å². The largest absolute Gasteiger partial charge is 0.369 e.